The summed E-state index contributed by atoms with van der Waals surface area (Å²) >= 11 is 0. The highest BCUT2D eigenvalue weighted by Crippen LogP contribution is 2.27. The molecule has 0 saturated carbocycles. The molecule has 0 aliphatic heterocycles. The van der Waals surface area contributed by atoms with E-state index in [-0.39, 0.29) is 6.01 Å². The number of nitrogens with one attached hydrogen (secondary N) is 1. The number of aryl methyl sites for hydroxylation is 3. The average molecular weight is 204 g/mol. The van der Waals surface area contributed by atoms with Gasteiger partial charge in [0, 0.05) is 0 Å². The molecule has 0 atom stereocenters. The van der Waals surface area contributed by atoms with Crippen LogP contribution in [0.1, 0.15) is 16.7 Å². The van der Waals surface area contributed by atoms with E-state index in [1.807, 2.05) is 13.8 Å². The molecule has 1 heterocycles. The maximum atomic E-state index is 5.52. The first-order valence-corrected chi connectivity index (χ1v) is 4.66. The summed E-state index contributed by atoms with van der Waals surface area (Å²) < 4.78 is 5.52. The monoisotopic (exact) mass is 204 g/mol. The van der Waals surface area contributed by atoms with Gasteiger partial charge in [0.25, 0.3) is 0 Å². The zero-order valence-electron chi connectivity index (χ0n) is 8.90. The Morgan fingerprint density at radius 1 is 1.13 bits per heavy atom. The minimum atomic E-state index is 0.241. The van der Waals surface area contributed by atoms with Gasteiger partial charge >= 0.3 is 6.01 Å². The van der Waals surface area contributed by atoms with Crippen molar-refractivity contribution >= 4 is 0 Å². The molecule has 0 saturated heterocycles. The van der Waals surface area contributed by atoms with Crippen LogP contribution in [0.5, 0.6) is 11.8 Å². The largest absolute Gasteiger partial charge is 0.422 e. The lowest BCUT2D eigenvalue weighted by molar-refractivity contribution is 0.436. The molecule has 15 heavy (non-hydrogen) atoms. The fraction of sp³-hybridized carbons (Fsp3) is 0.300. The first-order valence-electron chi connectivity index (χ1n) is 4.66. The second-order valence-corrected chi connectivity index (χ2v) is 3.52. The lowest BCUT2D eigenvalue weighted by atomic mass is 10.1. The van der Waals surface area contributed by atoms with Crippen molar-refractivity contribution < 1.29 is 4.74 Å². The molecule has 0 aliphatic carbocycles. The van der Waals surface area contributed by atoms with Crippen molar-refractivity contribution in [1.29, 1.82) is 0 Å². The molecule has 0 radical (unpaired) electrons. The quantitative estimate of drug-likeness (QED) is 0.811. The van der Waals surface area contributed by atoms with E-state index in [4.69, 9.17) is 4.74 Å². The Hall–Kier alpha value is -1.91. The first kappa shape index (κ1) is 9.64. The van der Waals surface area contributed by atoms with Crippen LogP contribution in [0.3, 0.4) is 0 Å². The molecule has 78 valence electrons. The summed E-state index contributed by atoms with van der Waals surface area (Å²) in [6, 6.07) is 4.36. The van der Waals surface area contributed by atoms with Gasteiger partial charge in [-0.2, -0.15) is 5.21 Å². The molecule has 2 rings (SSSR count). The van der Waals surface area contributed by atoms with Gasteiger partial charge < -0.3 is 4.74 Å². The summed E-state index contributed by atoms with van der Waals surface area (Å²) in [7, 11) is 0. The normalized spacial score (nSPS) is 10.3. The molecule has 0 aliphatic rings. The van der Waals surface area contributed by atoms with Gasteiger partial charge in [0.1, 0.15) is 5.75 Å². The zero-order valence-corrected chi connectivity index (χ0v) is 8.90. The fourth-order valence-corrected chi connectivity index (χ4v) is 1.61. The molecule has 1 aromatic carbocycles. The highest BCUT2D eigenvalue weighted by molar-refractivity contribution is 5.43. The third-order valence-electron chi connectivity index (χ3n) is 2.12. The van der Waals surface area contributed by atoms with Gasteiger partial charge in [-0.3, -0.25) is 0 Å². The number of ether oxygens (including phenoxy) is 1. The first-order chi connectivity index (χ1) is 7.16. The molecule has 5 heteroatoms. The van der Waals surface area contributed by atoms with E-state index < -0.39 is 0 Å². The number of benzene rings is 1. The number of nitrogens with zero attached hydrogens (tertiary/aromatic N) is 3. The predicted octanol–water partition coefficient (Wildman–Crippen LogP) is 1.92. The molecule has 0 amide bonds. The number of aromatic amines is 1. The summed E-state index contributed by atoms with van der Waals surface area (Å²) in [5, 5.41) is 13.3. The Bertz CT molecular complexity index is 441. The highest BCUT2D eigenvalue weighted by Gasteiger charge is 2.08. The van der Waals surface area contributed by atoms with Crippen LogP contribution in [-0.4, -0.2) is 20.6 Å². The van der Waals surface area contributed by atoms with Gasteiger partial charge in [0.05, 0.1) is 0 Å². The van der Waals surface area contributed by atoms with Gasteiger partial charge in [-0.25, -0.2) is 0 Å². The third-order valence-corrected chi connectivity index (χ3v) is 2.12. The van der Waals surface area contributed by atoms with Crippen molar-refractivity contribution in [3.8, 4) is 11.8 Å². The van der Waals surface area contributed by atoms with Crippen molar-refractivity contribution in [2.75, 3.05) is 0 Å². The smallest absolute Gasteiger partial charge is 0.361 e. The molecule has 5 nitrogen and oxygen atoms in total. The van der Waals surface area contributed by atoms with E-state index in [9.17, 15) is 0 Å². The van der Waals surface area contributed by atoms with Crippen LogP contribution in [0.25, 0.3) is 0 Å². The topological polar surface area (TPSA) is 63.7 Å². The maximum Gasteiger partial charge on any atom is 0.361 e. The van der Waals surface area contributed by atoms with Crippen LogP contribution < -0.4 is 4.74 Å². The van der Waals surface area contributed by atoms with Crippen molar-refractivity contribution in [2.24, 2.45) is 0 Å². The van der Waals surface area contributed by atoms with Crippen LogP contribution in [-0.2, 0) is 0 Å². The summed E-state index contributed by atoms with van der Waals surface area (Å²) in [6.07, 6.45) is 0. The van der Waals surface area contributed by atoms with Crippen molar-refractivity contribution in [2.45, 2.75) is 20.8 Å². The van der Waals surface area contributed by atoms with E-state index in [0.29, 0.717) is 0 Å². The van der Waals surface area contributed by atoms with Crippen LogP contribution in [0.2, 0.25) is 0 Å². The predicted molar refractivity (Wildman–Crippen MR) is 54.9 cm³/mol. The standard InChI is InChI=1S/C10H12N4O/c1-6-4-7(2)9(8(3)5-6)15-10-11-13-14-12-10/h4-5H,1-3H3,(H,11,12,13,14). The number of H-pyrrole nitrogens is 1. The average Bonchev–Trinajstić information content (AvgIpc) is 2.63. The second kappa shape index (κ2) is 3.68. The third kappa shape index (κ3) is 1.96. The number of rotatable bonds is 2. The minimum Gasteiger partial charge on any atom is -0.422 e. The van der Waals surface area contributed by atoms with Crippen LogP contribution in [0.15, 0.2) is 12.1 Å². The summed E-state index contributed by atoms with van der Waals surface area (Å²) in [5.74, 6) is 0.794. The van der Waals surface area contributed by atoms with Crippen molar-refractivity contribution in [1.82, 2.24) is 20.6 Å². The molecular weight excluding hydrogens is 192 g/mol. The van der Waals surface area contributed by atoms with Gasteiger partial charge in [-0.05, 0) is 37.1 Å². The SMILES string of the molecule is Cc1cc(C)c(Oc2nn[nH]n2)c(C)c1. The van der Waals surface area contributed by atoms with E-state index in [1.54, 1.807) is 0 Å². The summed E-state index contributed by atoms with van der Waals surface area (Å²) in [4.78, 5) is 0. The van der Waals surface area contributed by atoms with Gasteiger partial charge in [0.2, 0.25) is 0 Å². The van der Waals surface area contributed by atoms with Crippen LogP contribution in [0.4, 0.5) is 0 Å². The number of hydrogen-bond donors (Lipinski definition) is 1. The second-order valence-electron chi connectivity index (χ2n) is 3.52. The molecule has 2 aromatic rings. The minimum absolute atomic E-state index is 0.241. The summed E-state index contributed by atoms with van der Waals surface area (Å²) in [5.41, 5.74) is 3.35. The summed E-state index contributed by atoms with van der Waals surface area (Å²) in [6.45, 7) is 6.04. The molecule has 0 spiro atoms. The Balaban J connectivity index is 2.36. The number of tetrazole rings is 1. The Kier molecular flexibility index (Phi) is 2.37. The molecule has 1 aromatic heterocycles. The Morgan fingerprint density at radius 3 is 2.33 bits per heavy atom. The van der Waals surface area contributed by atoms with E-state index in [1.165, 1.54) is 5.56 Å². The Morgan fingerprint density at radius 2 is 1.80 bits per heavy atom. The lowest BCUT2D eigenvalue weighted by Crippen LogP contribution is -1.93. The molecule has 0 fully saturated rings. The van der Waals surface area contributed by atoms with Crippen LogP contribution >= 0.6 is 0 Å². The highest BCUT2D eigenvalue weighted by atomic mass is 16.5. The van der Waals surface area contributed by atoms with Crippen molar-refractivity contribution in [3.63, 3.8) is 0 Å². The van der Waals surface area contributed by atoms with Gasteiger partial charge in [-0.15, -0.1) is 0 Å². The maximum absolute atomic E-state index is 5.52. The Labute approximate surface area is 87.5 Å². The molecular formula is C10H12N4O. The van der Waals surface area contributed by atoms with E-state index in [0.717, 1.165) is 16.9 Å². The van der Waals surface area contributed by atoms with E-state index >= 15 is 0 Å². The number of aromatic nitrogens is 4. The van der Waals surface area contributed by atoms with Crippen LogP contribution in [0, 0.1) is 20.8 Å². The van der Waals surface area contributed by atoms with E-state index in [2.05, 4.69) is 39.7 Å². The van der Waals surface area contributed by atoms with Crippen molar-refractivity contribution in [3.05, 3.63) is 28.8 Å². The molecule has 0 bridgehead atoms. The molecule has 1 N–H and O–H groups in total. The van der Waals surface area contributed by atoms with Gasteiger partial charge in [0.15, 0.2) is 0 Å². The zero-order chi connectivity index (χ0) is 10.8. The fourth-order valence-electron chi connectivity index (χ4n) is 1.61. The molecule has 0 unspecified atom stereocenters. The lowest BCUT2D eigenvalue weighted by Gasteiger charge is -2.09. The number of hydrogen-bond acceptors (Lipinski definition) is 4. The van der Waals surface area contributed by atoms with Gasteiger partial charge in [-0.1, -0.05) is 27.9 Å².